The minimum Gasteiger partial charge on any atom is -0.337 e. The van der Waals surface area contributed by atoms with E-state index in [2.05, 4.69) is 0 Å². The molecule has 0 saturated heterocycles. The zero-order valence-corrected chi connectivity index (χ0v) is 11.1. The fourth-order valence-electron chi connectivity index (χ4n) is 1.51. The maximum Gasteiger partial charge on any atom is 0.239 e. The lowest BCUT2D eigenvalue weighted by atomic mass is 10.1. The lowest BCUT2D eigenvalue weighted by molar-refractivity contribution is -0.132. The summed E-state index contributed by atoms with van der Waals surface area (Å²) in [6.07, 6.45) is 0. The van der Waals surface area contributed by atoms with E-state index in [1.165, 1.54) is 23.1 Å². The number of benzene rings is 1. The van der Waals surface area contributed by atoms with Gasteiger partial charge in [0.1, 0.15) is 11.6 Å². The number of halogens is 3. The largest absolute Gasteiger partial charge is 0.337 e. The van der Waals surface area contributed by atoms with E-state index < -0.39 is 17.7 Å². The van der Waals surface area contributed by atoms with Gasteiger partial charge in [-0.3, -0.25) is 4.79 Å². The Kier molecular flexibility index (Phi) is 6.80. The molecular weight excluding hydrogens is 262 g/mol. The Morgan fingerprint density at radius 3 is 2.28 bits per heavy atom. The van der Waals surface area contributed by atoms with E-state index in [1.807, 2.05) is 0 Å². The Bertz CT molecular complexity index is 393. The van der Waals surface area contributed by atoms with Crippen LogP contribution in [0.2, 0.25) is 0 Å². The normalized spacial score (nSPS) is 11.6. The van der Waals surface area contributed by atoms with Crippen LogP contribution in [0.4, 0.5) is 8.78 Å². The molecule has 102 valence electrons. The molecule has 0 unspecified atom stereocenters. The Hall–Kier alpha value is -1.20. The van der Waals surface area contributed by atoms with E-state index in [9.17, 15) is 13.6 Å². The molecule has 0 aliphatic carbocycles. The second-order valence-electron chi connectivity index (χ2n) is 3.84. The van der Waals surface area contributed by atoms with E-state index in [-0.39, 0.29) is 30.4 Å². The molecule has 0 saturated carbocycles. The zero-order valence-electron chi connectivity index (χ0n) is 10.3. The quantitative estimate of drug-likeness (QED) is 0.917. The van der Waals surface area contributed by atoms with Gasteiger partial charge in [0.2, 0.25) is 5.91 Å². The molecule has 1 aromatic carbocycles. The molecule has 3 nitrogen and oxygen atoms in total. The second kappa shape index (κ2) is 7.28. The predicted molar refractivity (Wildman–Crippen MR) is 68.3 cm³/mol. The summed E-state index contributed by atoms with van der Waals surface area (Å²) in [6.45, 7) is 3.53. The first-order chi connectivity index (χ1) is 7.97. The van der Waals surface area contributed by atoms with Crippen molar-refractivity contribution in [3.05, 3.63) is 35.4 Å². The maximum atomic E-state index is 13.4. The summed E-state index contributed by atoms with van der Waals surface area (Å²) < 4.78 is 26.8. The summed E-state index contributed by atoms with van der Waals surface area (Å²) in [7, 11) is 0. The van der Waals surface area contributed by atoms with Gasteiger partial charge in [-0.2, -0.15) is 0 Å². The third-order valence-electron chi connectivity index (χ3n) is 2.49. The van der Waals surface area contributed by atoms with Crippen LogP contribution in [-0.4, -0.2) is 23.4 Å². The number of carbonyl (C=O) groups is 1. The molecular formula is C12H17ClF2N2O. The molecule has 0 fully saturated rings. The van der Waals surface area contributed by atoms with E-state index >= 15 is 0 Å². The van der Waals surface area contributed by atoms with Crippen LogP contribution in [-0.2, 0) is 11.3 Å². The summed E-state index contributed by atoms with van der Waals surface area (Å²) >= 11 is 0. The van der Waals surface area contributed by atoms with Crippen LogP contribution in [0.25, 0.3) is 0 Å². The topological polar surface area (TPSA) is 46.3 Å². The van der Waals surface area contributed by atoms with Crippen molar-refractivity contribution in [2.75, 3.05) is 6.54 Å². The van der Waals surface area contributed by atoms with Crippen molar-refractivity contribution < 1.29 is 13.6 Å². The van der Waals surface area contributed by atoms with Crippen molar-refractivity contribution in [1.29, 1.82) is 0 Å². The maximum absolute atomic E-state index is 13.4. The third-order valence-corrected chi connectivity index (χ3v) is 2.49. The highest BCUT2D eigenvalue weighted by Gasteiger charge is 2.19. The van der Waals surface area contributed by atoms with Crippen LogP contribution < -0.4 is 5.73 Å². The van der Waals surface area contributed by atoms with Gasteiger partial charge in [0.05, 0.1) is 12.6 Å². The summed E-state index contributed by atoms with van der Waals surface area (Å²) in [5, 5.41) is 0. The van der Waals surface area contributed by atoms with Gasteiger partial charge in [-0.05, 0) is 26.0 Å². The van der Waals surface area contributed by atoms with Gasteiger partial charge in [-0.1, -0.05) is 6.07 Å². The van der Waals surface area contributed by atoms with Gasteiger partial charge in [-0.25, -0.2) is 8.78 Å². The average molecular weight is 279 g/mol. The lowest BCUT2D eigenvalue weighted by Crippen LogP contribution is -2.41. The SMILES string of the molecule is CCN(Cc1c(F)cccc1F)C(=O)[C@H](C)N.Cl. The summed E-state index contributed by atoms with van der Waals surface area (Å²) in [4.78, 5) is 13.0. The third kappa shape index (κ3) is 3.92. The molecule has 1 amide bonds. The number of rotatable bonds is 4. The van der Waals surface area contributed by atoms with Crippen LogP contribution >= 0.6 is 12.4 Å². The van der Waals surface area contributed by atoms with Gasteiger partial charge in [0.25, 0.3) is 0 Å². The summed E-state index contributed by atoms with van der Waals surface area (Å²) in [6, 6.07) is 2.95. The minimum atomic E-state index is -0.676. The van der Waals surface area contributed by atoms with Gasteiger partial charge in [0, 0.05) is 12.1 Å². The van der Waals surface area contributed by atoms with Crippen LogP contribution in [0.15, 0.2) is 18.2 Å². The standard InChI is InChI=1S/C12H16F2N2O.ClH/c1-3-16(12(17)8(2)15)7-9-10(13)5-4-6-11(9)14;/h4-6,8H,3,7,15H2,1-2H3;1H/t8-;/m0./s1. The summed E-state index contributed by atoms with van der Waals surface area (Å²) in [5.74, 6) is -1.63. The molecule has 6 heteroatoms. The van der Waals surface area contributed by atoms with Gasteiger partial charge in [-0.15, -0.1) is 12.4 Å². The number of carbonyl (C=O) groups excluding carboxylic acids is 1. The first-order valence-electron chi connectivity index (χ1n) is 5.44. The van der Waals surface area contributed by atoms with Gasteiger partial charge in [0.15, 0.2) is 0 Å². The van der Waals surface area contributed by atoms with Crippen molar-refractivity contribution in [2.45, 2.75) is 26.4 Å². The number of hydrogen-bond acceptors (Lipinski definition) is 2. The number of likely N-dealkylation sites (N-methyl/N-ethyl adjacent to an activating group) is 1. The van der Waals surface area contributed by atoms with Crippen molar-refractivity contribution in [1.82, 2.24) is 4.90 Å². The van der Waals surface area contributed by atoms with Crippen LogP contribution in [0.3, 0.4) is 0 Å². The van der Waals surface area contributed by atoms with E-state index in [0.29, 0.717) is 6.54 Å². The number of nitrogens with zero attached hydrogens (tertiary/aromatic N) is 1. The monoisotopic (exact) mass is 278 g/mol. The van der Waals surface area contributed by atoms with Crippen LogP contribution in [0, 0.1) is 11.6 Å². The lowest BCUT2D eigenvalue weighted by Gasteiger charge is -2.23. The first kappa shape index (κ1) is 16.8. The highest BCUT2D eigenvalue weighted by Crippen LogP contribution is 2.14. The molecule has 2 N–H and O–H groups in total. The Morgan fingerprint density at radius 1 is 1.39 bits per heavy atom. The smallest absolute Gasteiger partial charge is 0.239 e. The van der Waals surface area contributed by atoms with E-state index in [1.54, 1.807) is 13.8 Å². The number of nitrogens with two attached hydrogens (primary N) is 1. The van der Waals surface area contributed by atoms with Crippen molar-refractivity contribution in [3.63, 3.8) is 0 Å². The summed E-state index contributed by atoms with van der Waals surface area (Å²) in [5.41, 5.74) is 5.36. The molecule has 0 heterocycles. The highest BCUT2D eigenvalue weighted by molar-refractivity contribution is 5.85. The van der Waals surface area contributed by atoms with Crippen LogP contribution in [0.1, 0.15) is 19.4 Å². The molecule has 0 aromatic heterocycles. The molecule has 0 radical (unpaired) electrons. The minimum absolute atomic E-state index is 0. The Labute approximate surface area is 111 Å². The zero-order chi connectivity index (χ0) is 13.0. The van der Waals surface area contributed by atoms with Crippen molar-refractivity contribution in [2.24, 2.45) is 5.73 Å². The molecule has 1 rings (SSSR count). The van der Waals surface area contributed by atoms with Crippen LogP contribution in [0.5, 0.6) is 0 Å². The molecule has 0 aliphatic rings. The first-order valence-corrected chi connectivity index (χ1v) is 5.44. The molecule has 1 atom stereocenters. The van der Waals surface area contributed by atoms with Gasteiger partial charge >= 0.3 is 0 Å². The fourth-order valence-corrected chi connectivity index (χ4v) is 1.51. The predicted octanol–water partition coefficient (Wildman–Crippen LogP) is 2.08. The Balaban J connectivity index is 0.00000289. The second-order valence-corrected chi connectivity index (χ2v) is 3.84. The number of hydrogen-bond donors (Lipinski definition) is 1. The fraction of sp³-hybridized carbons (Fsp3) is 0.417. The van der Waals surface area contributed by atoms with E-state index in [0.717, 1.165) is 0 Å². The average Bonchev–Trinajstić information content (AvgIpc) is 2.28. The van der Waals surface area contributed by atoms with Gasteiger partial charge < -0.3 is 10.6 Å². The highest BCUT2D eigenvalue weighted by atomic mass is 35.5. The molecule has 18 heavy (non-hydrogen) atoms. The van der Waals surface area contributed by atoms with E-state index in [4.69, 9.17) is 5.73 Å². The molecule has 0 spiro atoms. The molecule has 0 bridgehead atoms. The Morgan fingerprint density at radius 2 is 1.89 bits per heavy atom. The van der Waals surface area contributed by atoms with Crippen molar-refractivity contribution in [3.8, 4) is 0 Å². The number of amides is 1. The van der Waals surface area contributed by atoms with Crippen molar-refractivity contribution >= 4 is 18.3 Å². The molecule has 1 aromatic rings. The molecule has 0 aliphatic heterocycles.